The summed E-state index contributed by atoms with van der Waals surface area (Å²) in [6, 6.07) is 0. The van der Waals surface area contributed by atoms with Gasteiger partial charge < -0.3 is 4.74 Å². The number of nitrogens with zero attached hydrogens (tertiary/aromatic N) is 3. The number of amides is 1. The summed E-state index contributed by atoms with van der Waals surface area (Å²) in [6.45, 7) is 6.89. The predicted octanol–water partition coefficient (Wildman–Crippen LogP) is 3.18. The normalized spacial score (nSPS) is 20.7. The lowest BCUT2D eigenvalue weighted by molar-refractivity contribution is -0.114. The smallest absolute Gasteiger partial charge is 0.410 e. The number of rotatable bonds is 2. The second-order valence-corrected chi connectivity index (χ2v) is 7.29. The van der Waals surface area contributed by atoms with Crippen molar-refractivity contribution in [3.8, 4) is 0 Å². The van der Waals surface area contributed by atoms with Crippen molar-refractivity contribution in [2.45, 2.75) is 64.8 Å². The Morgan fingerprint density at radius 3 is 2.64 bits per heavy atom. The minimum atomic E-state index is -2.49. The van der Waals surface area contributed by atoms with E-state index in [-0.39, 0.29) is 24.9 Å². The van der Waals surface area contributed by atoms with E-state index in [4.69, 9.17) is 4.74 Å². The Balaban J connectivity index is 1.55. The first-order valence-corrected chi connectivity index (χ1v) is 7.52. The average Bonchev–Trinajstić information content (AvgIpc) is 2.81. The van der Waals surface area contributed by atoms with E-state index in [2.05, 4.69) is 5.10 Å². The summed E-state index contributed by atoms with van der Waals surface area (Å²) in [5.41, 5.74) is 1.28. The molecule has 0 saturated heterocycles. The van der Waals surface area contributed by atoms with Crippen LogP contribution in [0.3, 0.4) is 0 Å². The summed E-state index contributed by atoms with van der Waals surface area (Å²) in [5, 5.41) is 4.41. The Kier molecular flexibility index (Phi) is 3.41. The molecule has 7 heteroatoms. The lowest BCUT2D eigenvalue weighted by atomic mass is 9.81. The molecule has 0 N–H and O–H groups in total. The molecule has 5 nitrogen and oxygen atoms in total. The number of carbonyl (C=O) groups is 1. The molecule has 0 aromatic carbocycles. The van der Waals surface area contributed by atoms with Gasteiger partial charge in [-0.15, -0.1) is 0 Å². The van der Waals surface area contributed by atoms with Crippen molar-refractivity contribution in [2.24, 2.45) is 5.92 Å². The molecule has 0 spiro atoms. The lowest BCUT2D eigenvalue weighted by Gasteiger charge is -2.34. The van der Waals surface area contributed by atoms with Gasteiger partial charge in [-0.1, -0.05) is 0 Å². The first-order valence-electron chi connectivity index (χ1n) is 7.52. The molecule has 0 atom stereocenters. The van der Waals surface area contributed by atoms with Crippen LogP contribution in [-0.2, 0) is 24.4 Å². The zero-order valence-corrected chi connectivity index (χ0v) is 13.1. The Labute approximate surface area is 128 Å². The van der Waals surface area contributed by atoms with Crippen LogP contribution in [0, 0.1) is 5.92 Å². The quantitative estimate of drug-likeness (QED) is 0.842. The van der Waals surface area contributed by atoms with E-state index in [0.717, 1.165) is 11.3 Å². The number of ether oxygens (including phenoxy) is 1. The Morgan fingerprint density at radius 2 is 2.09 bits per heavy atom. The lowest BCUT2D eigenvalue weighted by Crippen LogP contribution is -2.37. The van der Waals surface area contributed by atoms with E-state index in [1.54, 1.807) is 9.58 Å². The highest BCUT2D eigenvalue weighted by Gasteiger charge is 2.45. The summed E-state index contributed by atoms with van der Waals surface area (Å²) >= 11 is 0. The summed E-state index contributed by atoms with van der Waals surface area (Å²) in [5.74, 6) is -2.49. The zero-order valence-electron chi connectivity index (χ0n) is 13.1. The Bertz CT molecular complexity index is 561. The number of halogens is 2. The molecule has 22 heavy (non-hydrogen) atoms. The highest BCUT2D eigenvalue weighted by molar-refractivity contribution is 5.69. The third-order valence-electron chi connectivity index (χ3n) is 3.90. The van der Waals surface area contributed by atoms with Gasteiger partial charge in [0.2, 0.25) is 5.92 Å². The summed E-state index contributed by atoms with van der Waals surface area (Å²) in [6.07, 6.45) is 1.40. The van der Waals surface area contributed by atoms with Gasteiger partial charge in [-0.25, -0.2) is 13.6 Å². The number of alkyl halides is 2. The molecule has 2 heterocycles. The van der Waals surface area contributed by atoms with Crippen molar-refractivity contribution in [1.29, 1.82) is 0 Å². The Hall–Kier alpha value is -1.66. The largest absolute Gasteiger partial charge is 0.444 e. The van der Waals surface area contributed by atoms with Gasteiger partial charge in [0.1, 0.15) is 5.60 Å². The Morgan fingerprint density at radius 1 is 1.41 bits per heavy atom. The number of fused-ring (bicyclic) bond motifs is 1. The summed E-state index contributed by atoms with van der Waals surface area (Å²) < 4.78 is 32.7. The SMILES string of the molecule is CC(C)(C)OC(=O)N1Cc2cn(CC3CC(F)(F)C3)nc2C1. The van der Waals surface area contributed by atoms with Gasteiger partial charge in [0.15, 0.2) is 0 Å². The van der Waals surface area contributed by atoms with Crippen molar-refractivity contribution in [1.82, 2.24) is 14.7 Å². The summed E-state index contributed by atoms with van der Waals surface area (Å²) in [4.78, 5) is 13.6. The molecule has 1 saturated carbocycles. The van der Waals surface area contributed by atoms with Crippen LogP contribution in [0.5, 0.6) is 0 Å². The van der Waals surface area contributed by atoms with Crippen LogP contribution < -0.4 is 0 Å². The highest BCUT2D eigenvalue weighted by Crippen LogP contribution is 2.43. The average molecular weight is 313 g/mol. The fourth-order valence-electron chi connectivity index (χ4n) is 2.94. The molecule has 2 aliphatic rings. The molecular formula is C15H21F2N3O2. The molecule has 0 radical (unpaired) electrons. The standard InChI is InChI=1S/C15H21F2N3O2/c1-14(2,3)22-13(21)19-7-11-8-20(18-12(11)9-19)6-10-4-15(16,17)5-10/h8,10H,4-7,9H2,1-3H3. The van der Waals surface area contributed by atoms with E-state index in [1.165, 1.54) is 0 Å². The second kappa shape index (κ2) is 4.93. The minimum Gasteiger partial charge on any atom is -0.444 e. The van der Waals surface area contributed by atoms with Crippen molar-refractivity contribution < 1.29 is 18.3 Å². The van der Waals surface area contributed by atoms with Crippen LogP contribution in [0.25, 0.3) is 0 Å². The van der Waals surface area contributed by atoms with Gasteiger partial charge in [0.25, 0.3) is 0 Å². The maximum absolute atomic E-state index is 12.8. The predicted molar refractivity (Wildman–Crippen MR) is 75.4 cm³/mol. The molecule has 1 aliphatic heterocycles. The van der Waals surface area contributed by atoms with Crippen molar-refractivity contribution in [3.63, 3.8) is 0 Å². The molecule has 0 unspecified atom stereocenters. The van der Waals surface area contributed by atoms with Crippen LogP contribution in [0.4, 0.5) is 13.6 Å². The van der Waals surface area contributed by atoms with E-state index < -0.39 is 11.5 Å². The topological polar surface area (TPSA) is 47.4 Å². The third-order valence-corrected chi connectivity index (χ3v) is 3.90. The van der Waals surface area contributed by atoms with Crippen LogP contribution in [0.1, 0.15) is 44.9 Å². The van der Waals surface area contributed by atoms with E-state index in [9.17, 15) is 13.6 Å². The molecule has 122 valence electrons. The van der Waals surface area contributed by atoms with Crippen LogP contribution >= 0.6 is 0 Å². The summed E-state index contributed by atoms with van der Waals surface area (Å²) in [7, 11) is 0. The molecule has 1 amide bonds. The zero-order chi connectivity index (χ0) is 16.1. The molecule has 0 bridgehead atoms. The van der Waals surface area contributed by atoms with Gasteiger partial charge in [-0.3, -0.25) is 9.58 Å². The number of carbonyl (C=O) groups excluding carboxylic acids is 1. The van der Waals surface area contributed by atoms with Crippen molar-refractivity contribution in [3.05, 3.63) is 17.5 Å². The van der Waals surface area contributed by atoms with Gasteiger partial charge in [-0.05, 0) is 26.7 Å². The fourth-order valence-corrected chi connectivity index (χ4v) is 2.94. The van der Waals surface area contributed by atoms with Gasteiger partial charge >= 0.3 is 6.09 Å². The maximum Gasteiger partial charge on any atom is 0.410 e. The molecule has 1 aromatic rings. The second-order valence-electron chi connectivity index (χ2n) is 7.29. The van der Waals surface area contributed by atoms with E-state index in [1.807, 2.05) is 27.0 Å². The molecule has 1 aromatic heterocycles. The van der Waals surface area contributed by atoms with Gasteiger partial charge in [0, 0.05) is 31.1 Å². The van der Waals surface area contributed by atoms with Crippen LogP contribution in [0.15, 0.2) is 6.20 Å². The fraction of sp³-hybridized carbons (Fsp3) is 0.733. The van der Waals surface area contributed by atoms with Gasteiger partial charge in [-0.2, -0.15) is 5.10 Å². The number of aromatic nitrogens is 2. The number of hydrogen-bond acceptors (Lipinski definition) is 3. The maximum atomic E-state index is 12.8. The van der Waals surface area contributed by atoms with E-state index >= 15 is 0 Å². The van der Waals surface area contributed by atoms with Gasteiger partial charge in [0.05, 0.1) is 18.8 Å². The highest BCUT2D eigenvalue weighted by atomic mass is 19.3. The minimum absolute atomic E-state index is 0.00279. The van der Waals surface area contributed by atoms with Crippen LogP contribution in [0.2, 0.25) is 0 Å². The molecular weight excluding hydrogens is 292 g/mol. The molecule has 3 rings (SSSR count). The van der Waals surface area contributed by atoms with Crippen molar-refractivity contribution >= 4 is 6.09 Å². The number of hydrogen-bond donors (Lipinski definition) is 0. The first kappa shape index (κ1) is 15.2. The molecule has 1 aliphatic carbocycles. The van der Waals surface area contributed by atoms with Crippen LogP contribution in [-0.4, -0.2) is 32.3 Å². The third kappa shape index (κ3) is 3.23. The van der Waals surface area contributed by atoms with E-state index in [0.29, 0.717) is 19.6 Å². The monoisotopic (exact) mass is 313 g/mol. The molecule has 1 fully saturated rings. The van der Waals surface area contributed by atoms with Crippen molar-refractivity contribution in [2.75, 3.05) is 0 Å². The first-order chi connectivity index (χ1) is 10.1.